The molecule has 0 aliphatic carbocycles. The second-order valence-corrected chi connectivity index (χ2v) is 7.28. The molecule has 1 N–H and O–H groups in total. The van der Waals surface area contributed by atoms with Crippen molar-refractivity contribution >= 4 is 15.7 Å². The van der Waals surface area contributed by atoms with E-state index in [-0.39, 0.29) is 11.4 Å². The standard InChI is InChI=1S/C17H19FN2O2S/c18-15-7-2-4-9-17(15)23(21,22)19-11-5-12-20-13-10-14-6-1-3-8-16(14)20/h1-4,6-9,19H,5,10-13H2. The van der Waals surface area contributed by atoms with Crippen LogP contribution in [-0.2, 0) is 16.4 Å². The highest BCUT2D eigenvalue weighted by Crippen LogP contribution is 2.27. The second-order valence-electron chi connectivity index (χ2n) is 5.55. The minimum absolute atomic E-state index is 0.287. The number of halogens is 1. The minimum atomic E-state index is -3.79. The number of benzene rings is 2. The summed E-state index contributed by atoms with van der Waals surface area (Å²) in [5.41, 5.74) is 2.56. The zero-order valence-electron chi connectivity index (χ0n) is 12.7. The number of para-hydroxylation sites is 1. The van der Waals surface area contributed by atoms with Crippen LogP contribution in [0.15, 0.2) is 53.4 Å². The monoisotopic (exact) mass is 334 g/mol. The second kappa shape index (κ2) is 6.68. The number of sulfonamides is 1. The Hall–Kier alpha value is -1.92. The largest absolute Gasteiger partial charge is 0.371 e. The van der Waals surface area contributed by atoms with E-state index < -0.39 is 15.8 Å². The van der Waals surface area contributed by atoms with Crippen LogP contribution in [0.25, 0.3) is 0 Å². The van der Waals surface area contributed by atoms with Crippen LogP contribution >= 0.6 is 0 Å². The van der Waals surface area contributed by atoms with Crippen LogP contribution in [0, 0.1) is 5.82 Å². The fraction of sp³-hybridized carbons (Fsp3) is 0.294. The van der Waals surface area contributed by atoms with Crippen molar-refractivity contribution in [1.29, 1.82) is 0 Å². The summed E-state index contributed by atoms with van der Waals surface area (Å²) in [6.45, 7) is 2.02. The number of nitrogens with one attached hydrogen (secondary N) is 1. The van der Waals surface area contributed by atoms with Gasteiger partial charge in [-0.1, -0.05) is 30.3 Å². The summed E-state index contributed by atoms with van der Waals surface area (Å²) in [6.07, 6.45) is 1.69. The third kappa shape index (κ3) is 3.54. The number of rotatable bonds is 6. The van der Waals surface area contributed by atoms with Crippen LogP contribution in [0.1, 0.15) is 12.0 Å². The zero-order valence-corrected chi connectivity index (χ0v) is 13.5. The highest BCUT2D eigenvalue weighted by Gasteiger charge is 2.19. The first kappa shape index (κ1) is 16.0. The quantitative estimate of drug-likeness (QED) is 0.826. The van der Waals surface area contributed by atoms with Gasteiger partial charge in [-0.3, -0.25) is 0 Å². The molecular weight excluding hydrogens is 315 g/mol. The molecule has 0 spiro atoms. The number of nitrogens with zero attached hydrogens (tertiary/aromatic N) is 1. The molecule has 1 aliphatic heterocycles. The van der Waals surface area contributed by atoms with Gasteiger partial charge in [0.1, 0.15) is 10.7 Å². The summed E-state index contributed by atoms with van der Waals surface area (Å²) in [6, 6.07) is 13.7. The Bertz CT molecular complexity index is 793. The van der Waals surface area contributed by atoms with Gasteiger partial charge < -0.3 is 4.90 Å². The smallest absolute Gasteiger partial charge is 0.243 e. The molecule has 0 saturated carbocycles. The summed E-state index contributed by atoms with van der Waals surface area (Å²) in [5, 5.41) is 0. The van der Waals surface area contributed by atoms with E-state index in [1.54, 1.807) is 0 Å². The zero-order chi connectivity index (χ0) is 16.3. The van der Waals surface area contributed by atoms with E-state index in [0.29, 0.717) is 6.42 Å². The van der Waals surface area contributed by atoms with Gasteiger partial charge in [0, 0.05) is 25.3 Å². The number of fused-ring (bicyclic) bond motifs is 1. The van der Waals surface area contributed by atoms with Gasteiger partial charge in [-0.15, -0.1) is 0 Å². The lowest BCUT2D eigenvalue weighted by Crippen LogP contribution is -2.29. The van der Waals surface area contributed by atoms with E-state index >= 15 is 0 Å². The van der Waals surface area contributed by atoms with Gasteiger partial charge >= 0.3 is 0 Å². The molecule has 2 aromatic rings. The van der Waals surface area contributed by atoms with Crippen LogP contribution in [-0.4, -0.2) is 28.1 Å². The molecule has 0 unspecified atom stereocenters. The molecule has 2 aromatic carbocycles. The predicted octanol–water partition coefficient (Wildman–Crippen LogP) is 2.56. The summed E-state index contributed by atoms with van der Waals surface area (Å²) in [5.74, 6) is -0.728. The molecule has 1 aliphatic rings. The molecule has 0 saturated heterocycles. The third-order valence-electron chi connectivity index (χ3n) is 4.01. The number of anilines is 1. The topological polar surface area (TPSA) is 49.4 Å². The van der Waals surface area contributed by atoms with Gasteiger partial charge in [-0.25, -0.2) is 17.5 Å². The molecule has 0 aromatic heterocycles. The van der Waals surface area contributed by atoms with Crippen molar-refractivity contribution < 1.29 is 12.8 Å². The lowest BCUT2D eigenvalue weighted by Gasteiger charge is -2.19. The van der Waals surface area contributed by atoms with Crippen LogP contribution in [0.3, 0.4) is 0 Å². The Kier molecular flexibility index (Phi) is 4.63. The van der Waals surface area contributed by atoms with Gasteiger partial charge in [0.2, 0.25) is 10.0 Å². The molecule has 1 heterocycles. The lowest BCUT2D eigenvalue weighted by atomic mass is 10.2. The van der Waals surface area contributed by atoms with Crippen molar-refractivity contribution in [2.24, 2.45) is 0 Å². The molecule has 4 nitrogen and oxygen atoms in total. The van der Waals surface area contributed by atoms with Gasteiger partial charge in [0.25, 0.3) is 0 Å². The van der Waals surface area contributed by atoms with E-state index in [9.17, 15) is 12.8 Å². The fourth-order valence-corrected chi connectivity index (χ4v) is 4.01. The van der Waals surface area contributed by atoms with Crippen molar-refractivity contribution in [1.82, 2.24) is 4.72 Å². The SMILES string of the molecule is O=S(=O)(NCCCN1CCc2ccccc21)c1ccccc1F. The Morgan fingerprint density at radius 3 is 2.65 bits per heavy atom. The summed E-state index contributed by atoms with van der Waals surface area (Å²) >= 11 is 0. The molecule has 0 fully saturated rings. The van der Waals surface area contributed by atoms with Crippen molar-refractivity contribution in [3.63, 3.8) is 0 Å². The van der Waals surface area contributed by atoms with Crippen molar-refractivity contribution in [2.75, 3.05) is 24.5 Å². The van der Waals surface area contributed by atoms with E-state index in [2.05, 4.69) is 21.8 Å². The summed E-state index contributed by atoms with van der Waals surface area (Å²) in [7, 11) is -3.79. The predicted molar refractivity (Wildman–Crippen MR) is 88.6 cm³/mol. The molecule has 0 amide bonds. The van der Waals surface area contributed by atoms with Gasteiger partial charge in [-0.05, 0) is 36.6 Å². The maximum atomic E-state index is 13.6. The first-order valence-corrected chi connectivity index (χ1v) is 9.13. The van der Waals surface area contributed by atoms with Crippen LogP contribution in [0.2, 0.25) is 0 Å². The average molecular weight is 334 g/mol. The normalized spacial score (nSPS) is 14.0. The van der Waals surface area contributed by atoms with Crippen LogP contribution in [0.4, 0.5) is 10.1 Å². The molecule has 6 heteroatoms. The molecular formula is C17H19FN2O2S. The maximum absolute atomic E-state index is 13.6. The van der Waals surface area contributed by atoms with Crippen molar-refractivity contribution in [2.45, 2.75) is 17.7 Å². The Balaban J connectivity index is 1.54. The van der Waals surface area contributed by atoms with Crippen molar-refractivity contribution in [3.8, 4) is 0 Å². The average Bonchev–Trinajstić information content (AvgIpc) is 2.95. The molecule has 0 radical (unpaired) electrons. The minimum Gasteiger partial charge on any atom is -0.371 e. The Labute approximate surface area is 136 Å². The molecule has 122 valence electrons. The van der Waals surface area contributed by atoms with Gasteiger partial charge in [0.05, 0.1) is 0 Å². The summed E-state index contributed by atoms with van der Waals surface area (Å²) in [4.78, 5) is 1.96. The van der Waals surface area contributed by atoms with Crippen LogP contribution in [0.5, 0.6) is 0 Å². The fourth-order valence-electron chi connectivity index (χ4n) is 2.86. The highest BCUT2D eigenvalue weighted by atomic mass is 32.2. The third-order valence-corrected chi connectivity index (χ3v) is 5.50. The lowest BCUT2D eigenvalue weighted by molar-refractivity contribution is 0.555. The Morgan fingerprint density at radius 1 is 1.09 bits per heavy atom. The van der Waals surface area contributed by atoms with Crippen molar-refractivity contribution in [3.05, 3.63) is 59.9 Å². The van der Waals surface area contributed by atoms with Gasteiger partial charge in [-0.2, -0.15) is 0 Å². The van der Waals surface area contributed by atoms with E-state index in [1.165, 1.54) is 29.4 Å². The van der Waals surface area contributed by atoms with Gasteiger partial charge in [0.15, 0.2) is 0 Å². The van der Waals surface area contributed by atoms with E-state index in [4.69, 9.17) is 0 Å². The van der Waals surface area contributed by atoms with E-state index in [0.717, 1.165) is 25.6 Å². The molecule has 0 bridgehead atoms. The van der Waals surface area contributed by atoms with Crippen LogP contribution < -0.4 is 9.62 Å². The molecule has 0 atom stereocenters. The number of hydrogen-bond acceptors (Lipinski definition) is 3. The number of hydrogen-bond donors (Lipinski definition) is 1. The first-order valence-electron chi connectivity index (χ1n) is 7.65. The maximum Gasteiger partial charge on any atom is 0.243 e. The summed E-state index contributed by atoms with van der Waals surface area (Å²) < 4.78 is 40.2. The molecule has 3 rings (SSSR count). The van der Waals surface area contributed by atoms with E-state index in [1.807, 2.05) is 12.1 Å². The first-order chi connectivity index (χ1) is 11.1. The highest BCUT2D eigenvalue weighted by molar-refractivity contribution is 7.89. The Morgan fingerprint density at radius 2 is 1.83 bits per heavy atom. The molecule has 23 heavy (non-hydrogen) atoms.